The number of esters is 1. The van der Waals surface area contributed by atoms with Crippen LogP contribution in [0.5, 0.6) is 5.75 Å². The molecule has 3 aromatic carbocycles. The Morgan fingerprint density at radius 3 is 2.33 bits per heavy atom. The quantitative estimate of drug-likeness (QED) is 0.563. The highest BCUT2D eigenvalue weighted by molar-refractivity contribution is 6.04. The van der Waals surface area contributed by atoms with Crippen LogP contribution in [0.4, 0.5) is 0 Å². The van der Waals surface area contributed by atoms with Crippen molar-refractivity contribution in [2.45, 2.75) is 20.0 Å². The molecule has 0 heterocycles. The summed E-state index contributed by atoms with van der Waals surface area (Å²) >= 11 is 0. The number of carbonyl (C=O) groups excluding carboxylic acids is 1. The second-order valence-corrected chi connectivity index (χ2v) is 5.37. The monoisotopic (exact) mass is 280 g/mol. The van der Waals surface area contributed by atoms with Gasteiger partial charge in [0.25, 0.3) is 0 Å². The molecule has 3 heteroatoms. The molecular weight excluding hydrogens is 264 g/mol. The van der Waals surface area contributed by atoms with E-state index in [1.165, 1.54) is 6.07 Å². The fourth-order valence-electron chi connectivity index (χ4n) is 2.43. The molecule has 0 aliphatic rings. The Balaban J connectivity index is 2.18. The van der Waals surface area contributed by atoms with Crippen molar-refractivity contribution in [3.63, 3.8) is 0 Å². The number of phenols is 1. The molecule has 0 aliphatic carbocycles. The van der Waals surface area contributed by atoms with E-state index >= 15 is 0 Å². The Kier molecular flexibility index (Phi) is 3.26. The first-order chi connectivity index (χ1) is 10.0. The van der Waals surface area contributed by atoms with E-state index in [1.807, 2.05) is 36.4 Å². The van der Waals surface area contributed by atoms with Gasteiger partial charge in [-0.15, -0.1) is 0 Å². The largest absolute Gasteiger partial charge is 0.507 e. The van der Waals surface area contributed by atoms with E-state index in [0.717, 1.165) is 21.5 Å². The Hall–Kier alpha value is -2.55. The van der Waals surface area contributed by atoms with Crippen LogP contribution in [-0.2, 0) is 4.74 Å². The van der Waals surface area contributed by atoms with Gasteiger partial charge in [0, 0.05) is 5.39 Å². The number of hydrogen-bond donors (Lipinski definition) is 1. The number of carbonyl (C=O) groups is 1. The molecule has 0 spiro atoms. The third-order valence-electron chi connectivity index (χ3n) is 3.38. The molecule has 0 bridgehead atoms. The van der Waals surface area contributed by atoms with Gasteiger partial charge in [-0.1, -0.05) is 24.3 Å². The summed E-state index contributed by atoms with van der Waals surface area (Å²) in [6.07, 6.45) is -0.188. The highest BCUT2D eigenvalue weighted by atomic mass is 16.5. The van der Waals surface area contributed by atoms with Crippen LogP contribution in [-0.4, -0.2) is 17.2 Å². The number of hydrogen-bond acceptors (Lipinski definition) is 3. The van der Waals surface area contributed by atoms with E-state index in [9.17, 15) is 9.90 Å². The number of fused-ring (bicyclic) bond motifs is 2. The summed E-state index contributed by atoms with van der Waals surface area (Å²) in [5.41, 5.74) is 0.365. The minimum absolute atomic E-state index is 0.0916. The molecule has 0 unspecified atom stereocenters. The lowest BCUT2D eigenvalue weighted by atomic mass is 10.0. The minimum atomic E-state index is -0.421. The summed E-state index contributed by atoms with van der Waals surface area (Å²) in [5.74, 6) is -0.329. The molecule has 0 fully saturated rings. The zero-order valence-corrected chi connectivity index (χ0v) is 12.0. The smallest absolute Gasteiger partial charge is 0.338 e. The van der Waals surface area contributed by atoms with Crippen LogP contribution in [0.3, 0.4) is 0 Å². The van der Waals surface area contributed by atoms with Gasteiger partial charge in [-0.25, -0.2) is 4.79 Å². The number of benzene rings is 3. The molecule has 3 nitrogen and oxygen atoms in total. The maximum Gasteiger partial charge on any atom is 0.338 e. The van der Waals surface area contributed by atoms with E-state index in [1.54, 1.807) is 19.9 Å². The lowest BCUT2D eigenvalue weighted by Gasteiger charge is -2.10. The molecule has 3 rings (SSSR count). The first kappa shape index (κ1) is 13.4. The molecule has 0 radical (unpaired) electrons. The highest BCUT2D eigenvalue weighted by Crippen LogP contribution is 2.31. The lowest BCUT2D eigenvalue weighted by Crippen LogP contribution is -2.11. The summed E-state index contributed by atoms with van der Waals surface area (Å²) in [6.45, 7) is 3.60. The van der Waals surface area contributed by atoms with Gasteiger partial charge in [-0.3, -0.25) is 0 Å². The van der Waals surface area contributed by atoms with Gasteiger partial charge < -0.3 is 9.84 Å². The maximum atomic E-state index is 12.0. The fourth-order valence-corrected chi connectivity index (χ4v) is 2.43. The summed E-state index contributed by atoms with van der Waals surface area (Å²) in [4.78, 5) is 12.0. The molecule has 3 aromatic rings. The van der Waals surface area contributed by atoms with Crippen molar-refractivity contribution in [1.29, 1.82) is 0 Å². The average molecular weight is 280 g/mol. The Labute approximate surface area is 122 Å². The van der Waals surface area contributed by atoms with Gasteiger partial charge >= 0.3 is 5.97 Å². The second kappa shape index (κ2) is 5.09. The molecule has 0 atom stereocenters. The van der Waals surface area contributed by atoms with Gasteiger partial charge in [0.15, 0.2) is 0 Å². The van der Waals surface area contributed by atoms with Gasteiger partial charge in [0.1, 0.15) is 5.75 Å². The van der Waals surface area contributed by atoms with Crippen molar-refractivity contribution in [1.82, 2.24) is 0 Å². The molecule has 0 aromatic heterocycles. The molecule has 106 valence electrons. The number of phenolic OH excluding ortho intramolecular Hbond substituents is 1. The highest BCUT2D eigenvalue weighted by Gasteiger charge is 2.13. The summed E-state index contributed by atoms with van der Waals surface area (Å²) in [7, 11) is 0. The lowest BCUT2D eigenvalue weighted by molar-refractivity contribution is 0.0377. The maximum absolute atomic E-state index is 12.0. The molecule has 0 saturated heterocycles. The van der Waals surface area contributed by atoms with Crippen molar-refractivity contribution in [3.8, 4) is 5.75 Å². The molecule has 1 N–H and O–H groups in total. The molecular formula is C18H16O3. The van der Waals surface area contributed by atoms with Crippen LogP contribution in [0, 0.1) is 0 Å². The zero-order valence-electron chi connectivity index (χ0n) is 12.0. The minimum Gasteiger partial charge on any atom is -0.507 e. The van der Waals surface area contributed by atoms with Crippen LogP contribution < -0.4 is 0 Å². The SMILES string of the molecule is CC(C)OC(=O)c1cc(O)c2cc3ccccc3cc2c1. The van der Waals surface area contributed by atoms with E-state index in [2.05, 4.69) is 0 Å². The van der Waals surface area contributed by atoms with Crippen LogP contribution in [0.1, 0.15) is 24.2 Å². The molecule has 21 heavy (non-hydrogen) atoms. The average Bonchev–Trinajstić information content (AvgIpc) is 2.44. The van der Waals surface area contributed by atoms with E-state index < -0.39 is 5.97 Å². The normalized spacial score (nSPS) is 11.2. The van der Waals surface area contributed by atoms with Crippen LogP contribution >= 0.6 is 0 Å². The standard InChI is InChI=1S/C18H16O3/c1-11(2)21-18(20)15-8-14-7-12-5-3-4-6-13(12)9-16(14)17(19)10-15/h3-11,19H,1-2H3. The van der Waals surface area contributed by atoms with Crippen LogP contribution in [0.15, 0.2) is 48.5 Å². The Bertz CT molecular complexity index is 834. The van der Waals surface area contributed by atoms with Gasteiger partial charge in [-0.05, 0) is 54.3 Å². The summed E-state index contributed by atoms with van der Waals surface area (Å²) in [6, 6.07) is 15.0. The van der Waals surface area contributed by atoms with E-state index in [4.69, 9.17) is 4.74 Å². The zero-order chi connectivity index (χ0) is 15.0. The third-order valence-corrected chi connectivity index (χ3v) is 3.38. The van der Waals surface area contributed by atoms with E-state index in [0.29, 0.717) is 5.56 Å². The second-order valence-electron chi connectivity index (χ2n) is 5.37. The number of rotatable bonds is 2. The van der Waals surface area contributed by atoms with Crippen LogP contribution in [0.25, 0.3) is 21.5 Å². The van der Waals surface area contributed by atoms with Crippen LogP contribution in [0.2, 0.25) is 0 Å². The molecule has 0 amide bonds. The van der Waals surface area contributed by atoms with Crippen molar-refractivity contribution in [2.24, 2.45) is 0 Å². The predicted molar refractivity (Wildman–Crippen MR) is 83.7 cm³/mol. The van der Waals surface area contributed by atoms with Gasteiger partial charge in [0.2, 0.25) is 0 Å². The van der Waals surface area contributed by atoms with Gasteiger partial charge in [0.05, 0.1) is 11.7 Å². The van der Waals surface area contributed by atoms with Gasteiger partial charge in [-0.2, -0.15) is 0 Å². The fraction of sp³-hybridized carbons (Fsp3) is 0.167. The van der Waals surface area contributed by atoms with Crippen molar-refractivity contribution < 1.29 is 14.6 Å². The topological polar surface area (TPSA) is 46.5 Å². The van der Waals surface area contributed by atoms with Crippen molar-refractivity contribution >= 4 is 27.5 Å². The Morgan fingerprint density at radius 1 is 1.00 bits per heavy atom. The van der Waals surface area contributed by atoms with E-state index in [-0.39, 0.29) is 11.9 Å². The Morgan fingerprint density at radius 2 is 1.67 bits per heavy atom. The predicted octanol–water partition coefficient (Wildman–Crippen LogP) is 4.26. The van der Waals surface area contributed by atoms with Crippen molar-refractivity contribution in [2.75, 3.05) is 0 Å². The first-order valence-electron chi connectivity index (χ1n) is 6.91. The first-order valence-corrected chi connectivity index (χ1v) is 6.91. The number of ether oxygens (including phenoxy) is 1. The summed E-state index contributed by atoms with van der Waals surface area (Å²) < 4.78 is 5.18. The number of aromatic hydroxyl groups is 1. The molecule has 0 aliphatic heterocycles. The third kappa shape index (κ3) is 2.55. The summed E-state index contributed by atoms with van der Waals surface area (Å²) in [5, 5.41) is 13.9. The van der Waals surface area contributed by atoms with Crippen molar-refractivity contribution in [3.05, 3.63) is 54.1 Å². The molecule has 0 saturated carbocycles.